The number of nitrogens with zero attached hydrogens (tertiary/aromatic N) is 2. The van der Waals surface area contributed by atoms with Crippen molar-refractivity contribution in [3.8, 4) is 0 Å². The number of hydrogen-bond donors (Lipinski definition) is 1. The number of aryl methyl sites for hydroxylation is 6. The van der Waals surface area contributed by atoms with Gasteiger partial charge in [0.2, 0.25) is 0 Å². The minimum absolute atomic E-state index is 0.233. The van der Waals surface area contributed by atoms with Crippen LogP contribution in [0.2, 0.25) is 0 Å². The summed E-state index contributed by atoms with van der Waals surface area (Å²) in [5.41, 5.74) is 15.4. The number of anilines is 2. The first-order chi connectivity index (χ1) is 13.8. The zero-order valence-electron chi connectivity index (χ0n) is 18.4. The molecule has 3 nitrogen and oxygen atoms in total. The maximum atomic E-state index is 3.74. The van der Waals surface area contributed by atoms with Gasteiger partial charge in [0.25, 0.3) is 0 Å². The summed E-state index contributed by atoms with van der Waals surface area (Å²) >= 11 is 0. The Labute approximate surface area is 174 Å². The van der Waals surface area contributed by atoms with Crippen LogP contribution in [0.4, 0.5) is 11.4 Å². The molecular formula is C26H31N3. The number of nitrogens with one attached hydrogen (secondary N) is 1. The Hall–Kier alpha value is -2.78. The predicted octanol–water partition coefficient (Wildman–Crippen LogP) is 6.02. The van der Waals surface area contributed by atoms with E-state index < -0.39 is 0 Å². The first kappa shape index (κ1) is 19.5. The molecule has 0 aliphatic carbocycles. The molecular weight excluding hydrogens is 354 g/mol. The summed E-state index contributed by atoms with van der Waals surface area (Å²) in [5, 5.41) is 4.68. The number of hydrogen-bond acceptors (Lipinski definition) is 3. The monoisotopic (exact) mass is 385 g/mol. The first-order valence-electron chi connectivity index (χ1n) is 10.4. The van der Waals surface area contributed by atoms with Crippen molar-refractivity contribution in [1.29, 1.82) is 0 Å². The molecule has 0 bridgehead atoms. The van der Waals surface area contributed by atoms with Crippen LogP contribution in [-0.2, 0) is 0 Å². The van der Waals surface area contributed by atoms with Crippen molar-refractivity contribution in [1.82, 2.24) is 5.53 Å². The molecule has 1 saturated heterocycles. The fourth-order valence-corrected chi connectivity index (χ4v) is 4.92. The van der Waals surface area contributed by atoms with Crippen LogP contribution in [0.3, 0.4) is 0 Å². The van der Waals surface area contributed by atoms with Gasteiger partial charge in [-0.25, -0.2) is 0 Å². The Bertz CT molecular complexity index is 993. The van der Waals surface area contributed by atoms with Gasteiger partial charge in [0.1, 0.15) is 0 Å². The summed E-state index contributed by atoms with van der Waals surface area (Å²) in [6.45, 7) is 14.1. The third kappa shape index (κ3) is 3.63. The lowest BCUT2D eigenvalue weighted by atomic mass is 10.0. The van der Waals surface area contributed by atoms with Crippen LogP contribution in [-0.4, -0.2) is 6.54 Å². The van der Waals surface area contributed by atoms with Crippen LogP contribution in [0.5, 0.6) is 0 Å². The summed E-state index contributed by atoms with van der Waals surface area (Å²) in [5.74, 6) is 0. The molecule has 0 aromatic heterocycles. The number of hydrazine groups is 2. The topological polar surface area (TPSA) is 18.5 Å². The molecule has 1 N–H and O–H groups in total. The fourth-order valence-electron chi connectivity index (χ4n) is 4.92. The van der Waals surface area contributed by atoms with Gasteiger partial charge in [-0.15, -0.1) is 5.53 Å². The van der Waals surface area contributed by atoms with E-state index in [4.69, 9.17) is 0 Å². The lowest BCUT2D eigenvalue weighted by Crippen LogP contribution is -2.41. The van der Waals surface area contributed by atoms with Crippen molar-refractivity contribution in [2.24, 2.45) is 0 Å². The van der Waals surface area contributed by atoms with Gasteiger partial charge in [-0.05, 0) is 69.4 Å². The second-order valence-electron chi connectivity index (χ2n) is 8.50. The van der Waals surface area contributed by atoms with Crippen molar-refractivity contribution >= 4 is 11.4 Å². The molecule has 0 saturated carbocycles. The molecule has 4 rings (SSSR count). The highest BCUT2D eigenvalue weighted by atomic mass is 15.8. The molecule has 1 unspecified atom stereocenters. The highest BCUT2D eigenvalue weighted by Gasteiger charge is 2.34. The Morgan fingerprint density at radius 3 is 1.69 bits per heavy atom. The molecule has 3 heteroatoms. The lowest BCUT2D eigenvalue weighted by molar-refractivity contribution is 0.679. The summed E-state index contributed by atoms with van der Waals surface area (Å²) in [6, 6.07) is 20.1. The van der Waals surface area contributed by atoms with Gasteiger partial charge in [-0.2, -0.15) is 0 Å². The van der Waals surface area contributed by atoms with Crippen molar-refractivity contribution in [2.45, 2.75) is 47.6 Å². The van der Waals surface area contributed by atoms with Crippen LogP contribution in [0.25, 0.3) is 0 Å². The van der Waals surface area contributed by atoms with Crippen LogP contribution < -0.4 is 15.6 Å². The van der Waals surface area contributed by atoms with Gasteiger partial charge in [-0.3, -0.25) is 10.0 Å². The molecule has 1 aliphatic rings. The molecule has 150 valence electrons. The van der Waals surface area contributed by atoms with E-state index >= 15 is 0 Å². The van der Waals surface area contributed by atoms with Gasteiger partial charge in [-0.1, -0.05) is 65.7 Å². The Morgan fingerprint density at radius 2 is 1.17 bits per heavy atom. The highest BCUT2D eigenvalue weighted by molar-refractivity contribution is 5.66. The molecule has 3 aromatic carbocycles. The van der Waals surface area contributed by atoms with Crippen molar-refractivity contribution in [3.05, 3.63) is 93.5 Å². The average molecular weight is 386 g/mol. The van der Waals surface area contributed by atoms with E-state index in [1.807, 2.05) is 0 Å². The molecule has 1 fully saturated rings. The van der Waals surface area contributed by atoms with E-state index in [1.165, 1.54) is 50.3 Å². The van der Waals surface area contributed by atoms with Gasteiger partial charge in [0, 0.05) is 0 Å². The summed E-state index contributed by atoms with van der Waals surface area (Å²) in [6.07, 6.45) is 0. The summed E-state index contributed by atoms with van der Waals surface area (Å²) in [4.78, 5) is 0. The lowest BCUT2D eigenvalue weighted by Gasteiger charge is -2.30. The van der Waals surface area contributed by atoms with E-state index in [1.54, 1.807) is 0 Å². The molecule has 1 aliphatic heterocycles. The summed E-state index contributed by atoms with van der Waals surface area (Å²) in [7, 11) is 0. The minimum Gasteiger partial charge on any atom is -0.288 e. The third-order valence-corrected chi connectivity index (χ3v) is 5.86. The largest absolute Gasteiger partial charge is 0.288 e. The molecule has 0 spiro atoms. The normalized spacial score (nSPS) is 16.6. The van der Waals surface area contributed by atoms with Crippen LogP contribution in [0, 0.1) is 41.5 Å². The van der Waals surface area contributed by atoms with E-state index in [0.29, 0.717) is 0 Å². The Kier molecular flexibility index (Phi) is 5.10. The fraction of sp³-hybridized carbons (Fsp3) is 0.308. The van der Waals surface area contributed by atoms with E-state index in [2.05, 4.69) is 112 Å². The zero-order chi connectivity index (χ0) is 20.7. The van der Waals surface area contributed by atoms with Crippen molar-refractivity contribution < 1.29 is 0 Å². The molecule has 0 amide bonds. The standard InChI is InChI=1S/C26H31N3/c1-17-12-19(3)25(20(4)13-17)28-16-24(23-10-8-7-9-11-23)29(27-28)26-21(5)14-18(2)15-22(26)6/h7-15,24,27H,16H2,1-6H3. The smallest absolute Gasteiger partial charge is 0.0913 e. The third-order valence-electron chi connectivity index (χ3n) is 5.86. The molecule has 1 heterocycles. The zero-order valence-corrected chi connectivity index (χ0v) is 18.4. The van der Waals surface area contributed by atoms with Gasteiger partial charge >= 0.3 is 0 Å². The van der Waals surface area contributed by atoms with Crippen LogP contribution in [0.1, 0.15) is 45.0 Å². The number of benzene rings is 3. The van der Waals surface area contributed by atoms with Gasteiger partial charge in [0.05, 0.1) is 24.0 Å². The van der Waals surface area contributed by atoms with Crippen molar-refractivity contribution in [2.75, 3.05) is 16.6 Å². The highest BCUT2D eigenvalue weighted by Crippen LogP contribution is 2.38. The SMILES string of the molecule is Cc1cc(C)c(N2CC(c3ccccc3)N(c3c(C)cc(C)cc3C)N2)c(C)c1. The van der Waals surface area contributed by atoms with Crippen molar-refractivity contribution in [3.63, 3.8) is 0 Å². The molecule has 3 aromatic rings. The Morgan fingerprint density at radius 1 is 0.690 bits per heavy atom. The Balaban J connectivity index is 1.81. The number of rotatable bonds is 3. The van der Waals surface area contributed by atoms with Gasteiger partial charge in [0.15, 0.2) is 0 Å². The van der Waals surface area contributed by atoms with Crippen LogP contribution in [0.15, 0.2) is 54.6 Å². The molecule has 1 atom stereocenters. The maximum absolute atomic E-state index is 3.74. The second-order valence-corrected chi connectivity index (χ2v) is 8.50. The second kappa shape index (κ2) is 7.57. The predicted molar refractivity (Wildman–Crippen MR) is 123 cm³/mol. The molecule has 0 radical (unpaired) electrons. The van der Waals surface area contributed by atoms with Crippen LogP contribution >= 0.6 is 0 Å². The van der Waals surface area contributed by atoms with E-state index in [0.717, 1.165) is 6.54 Å². The van der Waals surface area contributed by atoms with E-state index in [-0.39, 0.29) is 6.04 Å². The average Bonchev–Trinajstić information content (AvgIpc) is 3.05. The maximum Gasteiger partial charge on any atom is 0.0913 e. The minimum atomic E-state index is 0.233. The first-order valence-corrected chi connectivity index (χ1v) is 10.4. The quantitative estimate of drug-likeness (QED) is 0.594. The van der Waals surface area contributed by atoms with E-state index in [9.17, 15) is 0 Å². The van der Waals surface area contributed by atoms with Gasteiger partial charge < -0.3 is 0 Å². The summed E-state index contributed by atoms with van der Waals surface area (Å²) < 4.78 is 0. The molecule has 29 heavy (non-hydrogen) atoms.